The summed E-state index contributed by atoms with van der Waals surface area (Å²) in [7, 11) is 1.62. The number of ether oxygens (including phenoxy) is 1. The van der Waals surface area contributed by atoms with Gasteiger partial charge in [-0.25, -0.2) is 0 Å². The molecule has 1 aliphatic rings. The second kappa shape index (κ2) is 7.79. The maximum Gasteiger partial charge on any atom is 0.234 e. The molecular weight excluding hydrogens is 362 g/mol. The van der Waals surface area contributed by atoms with Crippen LogP contribution in [0.15, 0.2) is 47.6 Å². The quantitative estimate of drug-likeness (QED) is 0.661. The summed E-state index contributed by atoms with van der Waals surface area (Å²) in [6, 6.07) is 13.6. The van der Waals surface area contributed by atoms with Gasteiger partial charge in [0.15, 0.2) is 0 Å². The Kier molecular flexibility index (Phi) is 5.06. The summed E-state index contributed by atoms with van der Waals surface area (Å²) in [5.41, 5.74) is 4.38. The Labute approximate surface area is 161 Å². The number of aryl methyl sites for hydroxylation is 2. The molecular formula is C19H19N5O2S. The fourth-order valence-electron chi connectivity index (χ4n) is 3.13. The Morgan fingerprint density at radius 1 is 1.19 bits per heavy atom. The molecule has 7 nitrogen and oxygen atoms in total. The molecule has 0 spiro atoms. The molecule has 1 aliphatic carbocycles. The number of anilines is 1. The summed E-state index contributed by atoms with van der Waals surface area (Å²) >= 11 is 1.29. The smallest absolute Gasteiger partial charge is 0.234 e. The van der Waals surface area contributed by atoms with Gasteiger partial charge in [0.2, 0.25) is 11.1 Å². The zero-order chi connectivity index (χ0) is 18.6. The van der Waals surface area contributed by atoms with Crippen LogP contribution in [0.1, 0.15) is 17.5 Å². The fraction of sp³-hybridized carbons (Fsp3) is 0.263. The number of fused-ring (bicyclic) bond motifs is 1. The van der Waals surface area contributed by atoms with E-state index < -0.39 is 0 Å². The van der Waals surface area contributed by atoms with Gasteiger partial charge in [0, 0.05) is 5.69 Å². The monoisotopic (exact) mass is 381 g/mol. The van der Waals surface area contributed by atoms with Crippen molar-refractivity contribution in [2.75, 3.05) is 18.2 Å². The molecule has 1 N–H and O–H groups in total. The van der Waals surface area contributed by atoms with Crippen LogP contribution in [0.25, 0.3) is 5.69 Å². The third-order valence-corrected chi connectivity index (χ3v) is 5.39. The molecule has 4 rings (SSSR count). The first-order valence-electron chi connectivity index (χ1n) is 8.70. The first kappa shape index (κ1) is 17.5. The van der Waals surface area contributed by atoms with Crippen LogP contribution in [0.4, 0.5) is 5.69 Å². The van der Waals surface area contributed by atoms with Crippen LogP contribution in [-0.2, 0) is 17.6 Å². The van der Waals surface area contributed by atoms with E-state index in [1.807, 2.05) is 30.3 Å². The average Bonchev–Trinajstić information content (AvgIpc) is 3.35. The molecule has 0 unspecified atom stereocenters. The van der Waals surface area contributed by atoms with Gasteiger partial charge in [0.05, 0.1) is 18.6 Å². The van der Waals surface area contributed by atoms with Crippen LogP contribution in [0, 0.1) is 0 Å². The summed E-state index contributed by atoms with van der Waals surface area (Å²) in [5.74, 6) is 0.908. The highest BCUT2D eigenvalue weighted by Crippen LogP contribution is 2.25. The van der Waals surface area contributed by atoms with Crippen molar-refractivity contribution in [3.05, 3.63) is 53.6 Å². The molecule has 1 heterocycles. The number of benzene rings is 2. The fourth-order valence-corrected chi connectivity index (χ4v) is 3.82. The minimum Gasteiger partial charge on any atom is -0.497 e. The number of methoxy groups -OCH3 is 1. The highest BCUT2D eigenvalue weighted by atomic mass is 32.2. The molecule has 1 amide bonds. The predicted octanol–water partition coefficient (Wildman–Crippen LogP) is 2.89. The van der Waals surface area contributed by atoms with Crippen LogP contribution in [0.3, 0.4) is 0 Å². The van der Waals surface area contributed by atoms with Crippen molar-refractivity contribution in [2.45, 2.75) is 24.4 Å². The number of hydrogen-bond acceptors (Lipinski definition) is 6. The number of amides is 1. The minimum absolute atomic E-state index is 0.0813. The first-order valence-corrected chi connectivity index (χ1v) is 9.69. The molecule has 0 atom stereocenters. The number of nitrogens with one attached hydrogen (secondary N) is 1. The molecule has 1 aromatic heterocycles. The van der Waals surface area contributed by atoms with Crippen LogP contribution in [0.2, 0.25) is 0 Å². The van der Waals surface area contributed by atoms with Crippen molar-refractivity contribution in [1.29, 1.82) is 0 Å². The van der Waals surface area contributed by atoms with Crippen molar-refractivity contribution in [3.63, 3.8) is 0 Å². The second-order valence-electron chi connectivity index (χ2n) is 6.25. The maximum atomic E-state index is 12.3. The lowest BCUT2D eigenvalue weighted by Crippen LogP contribution is -2.14. The Bertz CT molecular complexity index is 955. The van der Waals surface area contributed by atoms with Crippen LogP contribution >= 0.6 is 11.8 Å². The Hall–Kier alpha value is -2.87. The summed E-state index contributed by atoms with van der Waals surface area (Å²) in [5, 5.41) is 15.3. The number of aromatic nitrogens is 4. The van der Waals surface area contributed by atoms with Crippen molar-refractivity contribution in [1.82, 2.24) is 20.2 Å². The minimum atomic E-state index is -0.0813. The van der Waals surface area contributed by atoms with E-state index in [1.54, 1.807) is 11.8 Å². The number of carbonyl (C=O) groups is 1. The van der Waals surface area contributed by atoms with Crippen molar-refractivity contribution < 1.29 is 9.53 Å². The van der Waals surface area contributed by atoms with Gasteiger partial charge in [-0.1, -0.05) is 17.8 Å². The molecule has 0 radical (unpaired) electrons. The second-order valence-corrected chi connectivity index (χ2v) is 7.19. The van der Waals surface area contributed by atoms with E-state index in [9.17, 15) is 4.79 Å². The predicted molar refractivity (Wildman–Crippen MR) is 104 cm³/mol. The van der Waals surface area contributed by atoms with Gasteiger partial charge in [-0.2, -0.15) is 4.68 Å². The molecule has 3 aromatic rings. The van der Waals surface area contributed by atoms with Crippen LogP contribution < -0.4 is 10.1 Å². The van der Waals surface area contributed by atoms with Crippen LogP contribution in [0.5, 0.6) is 5.75 Å². The molecule has 0 aliphatic heterocycles. The van der Waals surface area contributed by atoms with E-state index in [0.29, 0.717) is 5.16 Å². The van der Waals surface area contributed by atoms with Gasteiger partial charge in [-0.05, 0) is 77.2 Å². The van der Waals surface area contributed by atoms with E-state index in [1.165, 1.54) is 29.3 Å². The summed E-state index contributed by atoms with van der Waals surface area (Å²) in [6.45, 7) is 0. The number of nitrogens with zero attached hydrogens (tertiary/aromatic N) is 4. The molecule has 138 valence electrons. The average molecular weight is 381 g/mol. The van der Waals surface area contributed by atoms with E-state index in [-0.39, 0.29) is 11.7 Å². The van der Waals surface area contributed by atoms with Gasteiger partial charge in [-0.3, -0.25) is 4.79 Å². The molecule has 0 bridgehead atoms. The number of tetrazole rings is 1. The first-order chi connectivity index (χ1) is 13.2. The van der Waals surface area contributed by atoms with Gasteiger partial charge >= 0.3 is 0 Å². The largest absolute Gasteiger partial charge is 0.497 e. The maximum absolute atomic E-state index is 12.3. The van der Waals surface area contributed by atoms with Gasteiger partial charge < -0.3 is 10.1 Å². The van der Waals surface area contributed by atoms with Crippen molar-refractivity contribution in [2.24, 2.45) is 0 Å². The van der Waals surface area contributed by atoms with E-state index in [0.717, 1.165) is 30.0 Å². The standard InChI is InChI=1S/C19H19N5O2S/c1-26-17-9-7-16(8-10-17)24-19(21-22-23-24)27-12-18(25)20-15-6-5-13-3-2-4-14(13)11-15/h5-11H,2-4,12H2,1H3,(H,20,25). The highest BCUT2D eigenvalue weighted by molar-refractivity contribution is 7.99. The Morgan fingerprint density at radius 3 is 2.81 bits per heavy atom. The molecule has 0 saturated heterocycles. The zero-order valence-electron chi connectivity index (χ0n) is 14.9. The molecule has 2 aromatic carbocycles. The zero-order valence-corrected chi connectivity index (χ0v) is 15.7. The van der Waals surface area contributed by atoms with Gasteiger partial charge in [0.1, 0.15) is 5.75 Å². The van der Waals surface area contributed by atoms with Crippen molar-refractivity contribution >= 4 is 23.4 Å². The molecule has 8 heteroatoms. The van der Waals surface area contributed by atoms with E-state index in [2.05, 4.69) is 33.0 Å². The molecule has 27 heavy (non-hydrogen) atoms. The summed E-state index contributed by atoms with van der Waals surface area (Å²) in [4.78, 5) is 12.3. The number of thioether (sulfide) groups is 1. The lowest BCUT2D eigenvalue weighted by atomic mass is 10.1. The highest BCUT2D eigenvalue weighted by Gasteiger charge is 2.14. The Morgan fingerprint density at radius 2 is 2.00 bits per heavy atom. The number of rotatable bonds is 6. The normalized spacial score (nSPS) is 12.6. The topological polar surface area (TPSA) is 81.9 Å². The number of carbonyl (C=O) groups excluding carboxylic acids is 1. The van der Waals surface area contributed by atoms with Gasteiger partial charge in [0.25, 0.3) is 0 Å². The summed E-state index contributed by atoms with van der Waals surface area (Å²) < 4.78 is 6.76. The molecule has 0 saturated carbocycles. The molecule has 0 fully saturated rings. The number of hydrogen-bond donors (Lipinski definition) is 1. The summed E-state index contributed by atoms with van der Waals surface area (Å²) in [6.07, 6.45) is 3.41. The third-order valence-electron chi connectivity index (χ3n) is 4.47. The SMILES string of the molecule is COc1ccc(-n2nnnc2SCC(=O)Nc2ccc3c(c2)CCC3)cc1. The lowest BCUT2D eigenvalue weighted by molar-refractivity contribution is -0.113. The van der Waals surface area contributed by atoms with Crippen molar-refractivity contribution in [3.8, 4) is 11.4 Å². The third kappa shape index (κ3) is 3.95. The van der Waals surface area contributed by atoms with Crippen LogP contribution in [-0.4, -0.2) is 39.0 Å². The lowest BCUT2D eigenvalue weighted by Gasteiger charge is -2.08. The van der Waals surface area contributed by atoms with Gasteiger partial charge in [-0.15, -0.1) is 5.10 Å². The Balaban J connectivity index is 1.39. The van der Waals surface area contributed by atoms with E-state index >= 15 is 0 Å². The van der Waals surface area contributed by atoms with E-state index in [4.69, 9.17) is 4.74 Å².